The van der Waals surface area contributed by atoms with Gasteiger partial charge >= 0.3 is 5.97 Å². The highest BCUT2D eigenvalue weighted by molar-refractivity contribution is 9.10. The first kappa shape index (κ1) is 15.8. The van der Waals surface area contributed by atoms with E-state index in [1.807, 2.05) is 24.3 Å². The zero-order valence-electron chi connectivity index (χ0n) is 11.7. The Morgan fingerprint density at radius 3 is 2.90 bits per heavy atom. The van der Waals surface area contributed by atoms with Crippen LogP contribution in [0.5, 0.6) is 0 Å². The molecule has 2 rings (SSSR count). The SMILES string of the molecule is O=C(O)CC1CCCCN1C(=O)/C=C/c1cccc(Br)c1. The number of halogens is 1. The summed E-state index contributed by atoms with van der Waals surface area (Å²) in [7, 11) is 0. The number of rotatable bonds is 4. The molecule has 112 valence electrons. The van der Waals surface area contributed by atoms with Crippen LogP contribution in [0.25, 0.3) is 6.08 Å². The molecular formula is C16H18BrNO3. The van der Waals surface area contributed by atoms with Crippen LogP contribution < -0.4 is 0 Å². The van der Waals surface area contributed by atoms with Crippen molar-refractivity contribution in [3.8, 4) is 0 Å². The van der Waals surface area contributed by atoms with Crippen LogP contribution in [0.1, 0.15) is 31.2 Å². The fraction of sp³-hybridized carbons (Fsp3) is 0.375. The molecular weight excluding hydrogens is 334 g/mol. The van der Waals surface area contributed by atoms with E-state index in [4.69, 9.17) is 5.11 Å². The molecule has 0 aromatic heterocycles. The normalized spacial score (nSPS) is 18.9. The highest BCUT2D eigenvalue weighted by Crippen LogP contribution is 2.20. The molecule has 0 radical (unpaired) electrons. The zero-order valence-corrected chi connectivity index (χ0v) is 13.3. The largest absolute Gasteiger partial charge is 0.481 e. The summed E-state index contributed by atoms with van der Waals surface area (Å²) >= 11 is 3.39. The number of hydrogen-bond donors (Lipinski definition) is 1. The zero-order chi connectivity index (χ0) is 15.2. The van der Waals surface area contributed by atoms with Gasteiger partial charge in [0.15, 0.2) is 0 Å². The van der Waals surface area contributed by atoms with E-state index in [0.717, 1.165) is 29.3 Å². The van der Waals surface area contributed by atoms with Gasteiger partial charge in [0.1, 0.15) is 0 Å². The van der Waals surface area contributed by atoms with Crippen LogP contribution in [0.2, 0.25) is 0 Å². The lowest BCUT2D eigenvalue weighted by molar-refractivity contribution is -0.140. The third-order valence-corrected chi connectivity index (χ3v) is 4.08. The molecule has 0 saturated carbocycles. The smallest absolute Gasteiger partial charge is 0.305 e. The number of carbonyl (C=O) groups excluding carboxylic acids is 1. The van der Waals surface area contributed by atoms with Gasteiger partial charge in [0.25, 0.3) is 0 Å². The Bertz CT molecular complexity index is 556. The molecule has 4 nitrogen and oxygen atoms in total. The van der Waals surface area contributed by atoms with Gasteiger partial charge in [-0.3, -0.25) is 9.59 Å². The minimum atomic E-state index is -0.851. The van der Waals surface area contributed by atoms with Crippen molar-refractivity contribution >= 4 is 33.9 Å². The fourth-order valence-electron chi connectivity index (χ4n) is 2.58. The molecule has 1 aliphatic heterocycles. The van der Waals surface area contributed by atoms with Crippen molar-refractivity contribution in [3.05, 3.63) is 40.4 Å². The van der Waals surface area contributed by atoms with Gasteiger partial charge in [-0.1, -0.05) is 28.1 Å². The molecule has 1 atom stereocenters. The van der Waals surface area contributed by atoms with Crippen LogP contribution >= 0.6 is 15.9 Å². The number of amides is 1. The van der Waals surface area contributed by atoms with Crippen LogP contribution in [0.3, 0.4) is 0 Å². The third-order valence-electron chi connectivity index (χ3n) is 3.59. The van der Waals surface area contributed by atoms with Crippen molar-refractivity contribution in [2.45, 2.75) is 31.7 Å². The topological polar surface area (TPSA) is 57.6 Å². The van der Waals surface area contributed by atoms with Crippen molar-refractivity contribution in [1.29, 1.82) is 0 Å². The second kappa shape index (κ2) is 7.41. The maximum absolute atomic E-state index is 12.3. The van der Waals surface area contributed by atoms with Crippen LogP contribution in [-0.4, -0.2) is 34.5 Å². The Morgan fingerprint density at radius 1 is 1.38 bits per heavy atom. The van der Waals surface area contributed by atoms with Gasteiger partial charge in [-0.05, 0) is 43.0 Å². The van der Waals surface area contributed by atoms with Crippen LogP contribution in [0.4, 0.5) is 0 Å². The van der Waals surface area contributed by atoms with Gasteiger partial charge in [-0.25, -0.2) is 0 Å². The van der Waals surface area contributed by atoms with Crippen LogP contribution in [0.15, 0.2) is 34.8 Å². The number of carboxylic acids is 1. The van der Waals surface area contributed by atoms with Crippen molar-refractivity contribution in [1.82, 2.24) is 4.90 Å². The molecule has 1 aromatic rings. The van der Waals surface area contributed by atoms with Gasteiger partial charge < -0.3 is 10.0 Å². The highest BCUT2D eigenvalue weighted by Gasteiger charge is 2.27. The Hall–Kier alpha value is -1.62. The standard InChI is InChI=1S/C16H18BrNO3/c17-13-5-3-4-12(10-13)7-8-15(19)18-9-2-1-6-14(18)11-16(20)21/h3-5,7-8,10,14H,1-2,6,9,11H2,(H,20,21)/b8-7+. The lowest BCUT2D eigenvalue weighted by Crippen LogP contribution is -2.44. The van der Waals surface area contributed by atoms with Crippen LogP contribution in [0, 0.1) is 0 Å². The molecule has 0 bridgehead atoms. The van der Waals surface area contributed by atoms with Crippen LogP contribution in [-0.2, 0) is 9.59 Å². The van der Waals surface area contributed by atoms with Gasteiger partial charge in [0.05, 0.1) is 6.42 Å². The summed E-state index contributed by atoms with van der Waals surface area (Å²) in [5.41, 5.74) is 0.935. The molecule has 1 aliphatic rings. The molecule has 1 aromatic carbocycles. The summed E-state index contributed by atoms with van der Waals surface area (Å²) < 4.78 is 0.957. The van der Waals surface area contributed by atoms with E-state index in [9.17, 15) is 9.59 Å². The first-order valence-electron chi connectivity index (χ1n) is 7.02. The lowest BCUT2D eigenvalue weighted by atomic mass is 9.99. The van der Waals surface area contributed by atoms with Gasteiger partial charge in [-0.2, -0.15) is 0 Å². The summed E-state index contributed by atoms with van der Waals surface area (Å²) in [5, 5.41) is 8.94. The fourth-order valence-corrected chi connectivity index (χ4v) is 2.99. The van der Waals surface area contributed by atoms with Crippen molar-refractivity contribution in [3.63, 3.8) is 0 Å². The van der Waals surface area contributed by atoms with Gasteiger partial charge in [-0.15, -0.1) is 0 Å². The third kappa shape index (κ3) is 4.70. The van der Waals surface area contributed by atoms with Crippen molar-refractivity contribution < 1.29 is 14.7 Å². The number of likely N-dealkylation sites (tertiary alicyclic amines) is 1. The van der Waals surface area contributed by atoms with E-state index in [0.29, 0.717) is 6.54 Å². The first-order chi connectivity index (χ1) is 10.1. The quantitative estimate of drug-likeness (QED) is 0.846. The maximum Gasteiger partial charge on any atom is 0.305 e. The van der Waals surface area contributed by atoms with E-state index in [2.05, 4.69) is 15.9 Å². The van der Waals surface area contributed by atoms with Gasteiger partial charge in [0, 0.05) is 23.1 Å². The Morgan fingerprint density at radius 2 is 2.19 bits per heavy atom. The van der Waals surface area contributed by atoms with E-state index in [1.165, 1.54) is 6.08 Å². The summed E-state index contributed by atoms with van der Waals surface area (Å²) in [5.74, 6) is -0.961. The maximum atomic E-state index is 12.3. The van der Waals surface area contributed by atoms with E-state index in [1.54, 1.807) is 11.0 Å². The summed E-state index contributed by atoms with van der Waals surface area (Å²) in [6.07, 6.45) is 6.00. The van der Waals surface area contributed by atoms with Gasteiger partial charge in [0.2, 0.25) is 5.91 Å². The number of benzene rings is 1. The molecule has 1 unspecified atom stereocenters. The second-order valence-electron chi connectivity index (χ2n) is 5.17. The average molecular weight is 352 g/mol. The van der Waals surface area contributed by atoms with E-state index in [-0.39, 0.29) is 18.4 Å². The lowest BCUT2D eigenvalue weighted by Gasteiger charge is -2.34. The molecule has 1 heterocycles. The Balaban J connectivity index is 2.05. The summed E-state index contributed by atoms with van der Waals surface area (Å²) in [4.78, 5) is 24.9. The van der Waals surface area contributed by atoms with Crippen molar-refractivity contribution in [2.24, 2.45) is 0 Å². The molecule has 0 spiro atoms. The molecule has 1 saturated heterocycles. The molecule has 21 heavy (non-hydrogen) atoms. The molecule has 1 fully saturated rings. The molecule has 5 heteroatoms. The Kier molecular flexibility index (Phi) is 5.56. The second-order valence-corrected chi connectivity index (χ2v) is 6.08. The minimum Gasteiger partial charge on any atom is -0.481 e. The number of carboxylic acid groups (broad SMARTS) is 1. The molecule has 0 aliphatic carbocycles. The minimum absolute atomic E-state index is 0.0243. The number of piperidine rings is 1. The first-order valence-corrected chi connectivity index (χ1v) is 7.81. The number of nitrogens with zero attached hydrogens (tertiary/aromatic N) is 1. The highest BCUT2D eigenvalue weighted by atomic mass is 79.9. The number of hydrogen-bond acceptors (Lipinski definition) is 2. The predicted octanol–water partition coefficient (Wildman–Crippen LogP) is 3.32. The summed E-state index contributed by atoms with van der Waals surface area (Å²) in [6, 6.07) is 7.49. The number of carbonyl (C=O) groups is 2. The van der Waals surface area contributed by atoms with Crippen molar-refractivity contribution in [2.75, 3.05) is 6.54 Å². The average Bonchev–Trinajstić information content (AvgIpc) is 2.45. The van der Waals surface area contributed by atoms with E-state index >= 15 is 0 Å². The molecule has 1 amide bonds. The Labute approximate surface area is 132 Å². The van der Waals surface area contributed by atoms with E-state index < -0.39 is 5.97 Å². The molecule has 1 N–H and O–H groups in total. The number of aliphatic carboxylic acids is 1. The summed E-state index contributed by atoms with van der Waals surface area (Å²) in [6.45, 7) is 0.638. The predicted molar refractivity (Wildman–Crippen MR) is 84.8 cm³/mol. The monoisotopic (exact) mass is 351 g/mol.